The van der Waals surface area contributed by atoms with Gasteiger partial charge in [-0.15, -0.1) is 0 Å². The van der Waals surface area contributed by atoms with Crippen molar-refractivity contribution in [2.75, 3.05) is 13.2 Å². The maximum absolute atomic E-state index is 11.4. The molecule has 8 nitrogen and oxygen atoms in total. The summed E-state index contributed by atoms with van der Waals surface area (Å²) in [5, 5.41) is 39.0. The Morgan fingerprint density at radius 1 is 1.12 bits per heavy atom. The molecular formula is C15H26NO7P. The van der Waals surface area contributed by atoms with E-state index in [9.17, 15) is 25.0 Å². The van der Waals surface area contributed by atoms with Gasteiger partial charge in [0.2, 0.25) is 8.03 Å². The average Bonchev–Trinajstić information content (AvgIpc) is 2.58. The number of hydrogen-bond donors (Lipinski definition) is 5. The van der Waals surface area contributed by atoms with Crippen molar-refractivity contribution in [2.45, 2.75) is 44.1 Å². The van der Waals surface area contributed by atoms with Gasteiger partial charge in [0.05, 0.1) is 25.4 Å². The minimum Gasteiger partial charge on any atom is -0.390 e. The fourth-order valence-corrected chi connectivity index (χ4v) is 2.84. The van der Waals surface area contributed by atoms with Crippen molar-refractivity contribution in [3.63, 3.8) is 0 Å². The minimum atomic E-state index is -2.71. The van der Waals surface area contributed by atoms with Gasteiger partial charge in [0.25, 0.3) is 0 Å². The van der Waals surface area contributed by atoms with E-state index in [1.807, 2.05) is 30.3 Å². The van der Waals surface area contributed by atoms with E-state index < -0.39 is 32.2 Å². The Labute approximate surface area is 141 Å². The molecule has 0 radical (unpaired) electrons. The number of rotatable bonds is 12. The van der Waals surface area contributed by atoms with Crippen LogP contribution in [0.5, 0.6) is 0 Å². The molecule has 0 spiro atoms. The van der Waals surface area contributed by atoms with Crippen LogP contribution >= 0.6 is 8.03 Å². The first-order valence-electron chi connectivity index (χ1n) is 7.73. The lowest BCUT2D eigenvalue weighted by Crippen LogP contribution is -2.44. The first-order chi connectivity index (χ1) is 11.5. The monoisotopic (exact) mass is 363 g/mol. The summed E-state index contributed by atoms with van der Waals surface area (Å²) in [7, 11) is -2.71. The second-order valence-electron chi connectivity index (χ2n) is 5.25. The van der Waals surface area contributed by atoms with E-state index in [0.717, 1.165) is 5.56 Å². The number of benzene rings is 1. The van der Waals surface area contributed by atoms with Gasteiger partial charge >= 0.3 is 0 Å². The fourth-order valence-electron chi connectivity index (χ4n) is 1.93. The molecule has 0 saturated carbocycles. The highest BCUT2D eigenvalue weighted by atomic mass is 31.1. The molecule has 0 amide bonds. The van der Waals surface area contributed by atoms with Crippen LogP contribution in [0, 0.1) is 0 Å². The lowest BCUT2D eigenvalue weighted by Gasteiger charge is -2.24. The summed E-state index contributed by atoms with van der Waals surface area (Å²) in [5.74, 6) is -1.38. The van der Waals surface area contributed by atoms with Crippen molar-refractivity contribution in [2.24, 2.45) is 0 Å². The lowest BCUT2D eigenvalue weighted by molar-refractivity contribution is -0.0848. The molecule has 0 aliphatic carbocycles. The van der Waals surface area contributed by atoms with E-state index in [2.05, 4.69) is 5.48 Å². The van der Waals surface area contributed by atoms with Crippen LogP contribution in [-0.4, -0.2) is 57.7 Å². The van der Waals surface area contributed by atoms with Gasteiger partial charge in [0, 0.05) is 13.0 Å². The quantitative estimate of drug-likeness (QED) is 0.200. The summed E-state index contributed by atoms with van der Waals surface area (Å²) >= 11 is 0. The molecule has 24 heavy (non-hydrogen) atoms. The van der Waals surface area contributed by atoms with Gasteiger partial charge in [-0.05, 0) is 12.5 Å². The standard InChI is InChI=1S/C15H26NO7P/c1-2-23-24(21)14(19)8-12(17)15(20)13(18)9-16-22-10-11-6-4-3-5-7-11/h3-7,12-20,24H,2,8-10H2,1H3/t12-,13+,14?,15-/m1/s1. The number of aliphatic hydroxyl groups is 4. The molecule has 0 bridgehead atoms. The Morgan fingerprint density at radius 3 is 2.42 bits per heavy atom. The number of hydroxylamine groups is 1. The number of nitrogens with one attached hydrogen (secondary N) is 1. The summed E-state index contributed by atoms with van der Waals surface area (Å²) in [6, 6.07) is 9.37. The molecule has 1 aromatic carbocycles. The zero-order valence-electron chi connectivity index (χ0n) is 13.5. The molecule has 0 fully saturated rings. The van der Waals surface area contributed by atoms with Gasteiger partial charge in [-0.25, -0.2) is 0 Å². The van der Waals surface area contributed by atoms with Gasteiger partial charge in [-0.2, -0.15) is 5.48 Å². The van der Waals surface area contributed by atoms with Gasteiger partial charge in [0.15, 0.2) is 0 Å². The van der Waals surface area contributed by atoms with Gasteiger partial charge in [-0.3, -0.25) is 9.40 Å². The Morgan fingerprint density at radius 2 is 1.79 bits per heavy atom. The highest BCUT2D eigenvalue weighted by Crippen LogP contribution is 2.30. The smallest absolute Gasteiger partial charge is 0.219 e. The van der Waals surface area contributed by atoms with E-state index in [-0.39, 0.29) is 26.2 Å². The van der Waals surface area contributed by atoms with E-state index in [1.54, 1.807) is 6.92 Å². The molecule has 0 saturated heterocycles. The summed E-state index contributed by atoms with van der Waals surface area (Å²) in [6.07, 6.45) is -4.65. The molecular weight excluding hydrogens is 337 g/mol. The van der Waals surface area contributed by atoms with Crippen molar-refractivity contribution >= 4 is 8.03 Å². The molecule has 1 aromatic rings. The first-order valence-corrected chi connectivity index (χ1v) is 9.12. The third-order valence-corrected chi connectivity index (χ3v) is 4.64. The van der Waals surface area contributed by atoms with Crippen LogP contribution in [0.1, 0.15) is 18.9 Å². The number of aliphatic hydroxyl groups excluding tert-OH is 4. The van der Waals surface area contributed by atoms with Crippen LogP contribution in [0.2, 0.25) is 0 Å². The Bertz CT molecular complexity index is 476. The summed E-state index contributed by atoms with van der Waals surface area (Å²) in [5.41, 5.74) is 3.44. The highest BCUT2D eigenvalue weighted by Gasteiger charge is 2.28. The molecule has 2 unspecified atom stereocenters. The van der Waals surface area contributed by atoms with Crippen molar-refractivity contribution in [1.29, 1.82) is 0 Å². The molecule has 0 heterocycles. The molecule has 0 aliphatic heterocycles. The molecule has 1 rings (SSSR count). The van der Waals surface area contributed by atoms with E-state index in [1.165, 1.54) is 0 Å². The predicted molar refractivity (Wildman–Crippen MR) is 88.5 cm³/mol. The average molecular weight is 363 g/mol. The normalized spacial score (nSPS) is 17.9. The van der Waals surface area contributed by atoms with Gasteiger partial charge in [0.1, 0.15) is 11.9 Å². The van der Waals surface area contributed by atoms with Crippen molar-refractivity contribution in [3.05, 3.63) is 35.9 Å². The molecule has 5 N–H and O–H groups in total. The van der Waals surface area contributed by atoms with Crippen LogP contribution in [0.4, 0.5) is 0 Å². The van der Waals surface area contributed by atoms with Crippen molar-refractivity contribution < 1.29 is 34.4 Å². The van der Waals surface area contributed by atoms with Gasteiger partial charge in [-0.1, -0.05) is 30.3 Å². The maximum atomic E-state index is 11.4. The number of hydrogen-bond acceptors (Lipinski definition) is 8. The Hall–Kier alpha value is -0.830. The minimum absolute atomic E-state index is 0.123. The summed E-state index contributed by atoms with van der Waals surface area (Å²) in [6.45, 7) is 1.97. The molecule has 138 valence electrons. The zero-order chi connectivity index (χ0) is 17.9. The second kappa shape index (κ2) is 11.7. The zero-order valence-corrected chi connectivity index (χ0v) is 14.5. The first kappa shape index (κ1) is 21.2. The summed E-state index contributed by atoms with van der Waals surface area (Å²) < 4.78 is 16.2. The van der Waals surface area contributed by atoms with Crippen molar-refractivity contribution in [3.8, 4) is 0 Å². The maximum Gasteiger partial charge on any atom is 0.219 e. The van der Waals surface area contributed by atoms with Crippen molar-refractivity contribution in [1.82, 2.24) is 5.48 Å². The predicted octanol–water partition coefficient (Wildman–Crippen LogP) is 0.0102. The Kier molecular flexibility index (Phi) is 10.3. The second-order valence-corrected chi connectivity index (χ2v) is 6.84. The van der Waals surface area contributed by atoms with E-state index in [0.29, 0.717) is 0 Å². The van der Waals surface area contributed by atoms with Crippen LogP contribution in [0.25, 0.3) is 0 Å². The SMILES string of the molecule is CCO[PH](=O)C(O)C[C@@H](O)[C@@H](O)[C@@H](O)CNOCc1ccccc1. The van der Waals surface area contributed by atoms with Crippen LogP contribution in [-0.2, 0) is 20.5 Å². The van der Waals surface area contributed by atoms with Crippen LogP contribution in [0.3, 0.4) is 0 Å². The molecule has 5 atom stereocenters. The summed E-state index contributed by atoms with van der Waals surface area (Å²) in [4.78, 5) is 5.15. The van der Waals surface area contributed by atoms with E-state index >= 15 is 0 Å². The lowest BCUT2D eigenvalue weighted by atomic mass is 10.1. The van der Waals surface area contributed by atoms with Crippen LogP contribution < -0.4 is 5.48 Å². The Balaban J connectivity index is 2.27. The fraction of sp³-hybridized carbons (Fsp3) is 0.600. The third-order valence-electron chi connectivity index (χ3n) is 3.29. The third kappa shape index (κ3) is 7.83. The molecule has 9 heteroatoms. The highest BCUT2D eigenvalue weighted by molar-refractivity contribution is 7.39. The van der Waals surface area contributed by atoms with Gasteiger partial charge < -0.3 is 24.9 Å². The van der Waals surface area contributed by atoms with Crippen LogP contribution in [0.15, 0.2) is 30.3 Å². The largest absolute Gasteiger partial charge is 0.390 e. The van der Waals surface area contributed by atoms with E-state index in [4.69, 9.17) is 9.36 Å². The molecule has 0 aromatic heterocycles. The topological polar surface area (TPSA) is 128 Å². The molecule has 0 aliphatic rings.